The maximum atomic E-state index is 11.6. The molecule has 0 fully saturated rings. The summed E-state index contributed by atoms with van der Waals surface area (Å²) in [6.07, 6.45) is 1.70. The van der Waals surface area contributed by atoms with E-state index in [-0.39, 0.29) is 10.7 Å². The van der Waals surface area contributed by atoms with Gasteiger partial charge >= 0.3 is 0 Å². The van der Waals surface area contributed by atoms with Crippen LogP contribution in [0, 0.1) is 10.8 Å². The Morgan fingerprint density at radius 2 is 1.86 bits per heavy atom. The molecule has 0 spiro atoms. The Kier molecular flexibility index (Phi) is 5.10. The van der Waals surface area contributed by atoms with Crippen molar-refractivity contribution in [2.24, 2.45) is 10.8 Å². The van der Waals surface area contributed by atoms with E-state index >= 15 is 0 Å². The van der Waals surface area contributed by atoms with Gasteiger partial charge in [-0.25, -0.2) is 0 Å². The quantitative estimate of drug-likeness (QED) is 0.665. The molecule has 0 amide bonds. The zero-order valence-corrected chi connectivity index (χ0v) is 10.6. The van der Waals surface area contributed by atoms with Crippen LogP contribution in [0.15, 0.2) is 0 Å². The van der Waals surface area contributed by atoms with Crippen molar-refractivity contribution in [3.8, 4) is 0 Å². The minimum Gasteiger partial charge on any atom is -0.384 e. The molecule has 14 heavy (non-hydrogen) atoms. The molecule has 0 saturated carbocycles. The fraction of sp³-hybridized carbons (Fsp3) is 0.909. The fourth-order valence-corrected chi connectivity index (χ4v) is 2.22. The van der Waals surface area contributed by atoms with Crippen LogP contribution in [0.5, 0.6) is 0 Å². The van der Waals surface area contributed by atoms with E-state index in [1.807, 2.05) is 20.8 Å². The van der Waals surface area contributed by atoms with E-state index in [1.165, 1.54) is 0 Å². The average Bonchev–Trinajstić information content (AvgIpc) is 2.01. The first-order chi connectivity index (χ1) is 6.31. The number of carbonyl (C=O) groups is 1. The highest BCUT2D eigenvalue weighted by Gasteiger charge is 2.46. The second-order valence-corrected chi connectivity index (χ2v) is 5.13. The van der Waals surface area contributed by atoms with Gasteiger partial charge in [0.1, 0.15) is 0 Å². The van der Waals surface area contributed by atoms with E-state index in [9.17, 15) is 4.79 Å². The molecule has 0 aliphatic rings. The molecule has 0 aromatic carbocycles. The maximum Gasteiger partial charge on any atom is 0.230 e. The number of hydrogen-bond donors (Lipinski definition) is 0. The van der Waals surface area contributed by atoms with Gasteiger partial charge in [-0.1, -0.05) is 34.1 Å². The first-order valence-corrected chi connectivity index (χ1v) is 5.38. The van der Waals surface area contributed by atoms with E-state index in [2.05, 4.69) is 6.92 Å². The van der Waals surface area contributed by atoms with Gasteiger partial charge in [-0.2, -0.15) is 0 Å². The zero-order chi connectivity index (χ0) is 11.4. The molecule has 0 N–H and O–H groups in total. The van der Waals surface area contributed by atoms with Crippen molar-refractivity contribution in [3.05, 3.63) is 0 Å². The Hall–Kier alpha value is -0.0800. The topological polar surface area (TPSA) is 26.3 Å². The second kappa shape index (κ2) is 5.13. The molecule has 0 aliphatic heterocycles. The van der Waals surface area contributed by atoms with Gasteiger partial charge in [-0.05, 0) is 23.4 Å². The van der Waals surface area contributed by atoms with Crippen LogP contribution in [0.25, 0.3) is 0 Å². The van der Waals surface area contributed by atoms with Crippen LogP contribution in [0.4, 0.5) is 0 Å². The molecule has 0 aromatic rings. The third kappa shape index (κ3) is 2.71. The van der Waals surface area contributed by atoms with Crippen molar-refractivity contribution in [3.63, 3.8) is 0 Å². The molecule has 0 saturated heterocycles. The number of methoxy groups -OCH3 is 1. The van der Waals surface area contributed by atoms with Gasteiger partial charge in [-0.3, -0.25) is 4.79 Å². The van der Waals surface area contributed by atoms with Crippen LogP contribution in [0.3, 0.4) is 0 Å². The van der Waals surface area contributed by atoms with E-state index < -0.39 is 5.41 Å². The smallest absolute Gasteiger partial charge is 0.230 e. The maximum absolute atomic E-state index is 11.6. The van der Waals surface area contributed by atoms with Gasteiger partial charge < -0.3 is 4.74 Å². The summed E-state index contributed by atoms with van der Waals surface area (Å²) in [6, 6.07) is 0. The molecule has 84 valence electrons. The van der Waals surface area contributed by atoms with E-state index in [4.69, 9.17) is 16.3 Å². The highest BCUT2D eigenvalue weighted by Crippen LogP contribution is 2.44. The van der Waals surface area contributed by atoms with E-state index in [0.717, 1.165) is 12.8 Å². The molecule has 0 rings (SSSR count). The Bertz CT molecular complexity index is 188. The van der Waals surface area contributed by atoms with Crippen LogP contribution in [-0.2, 0) is 9.53 Å². The first kappa shape index (κ1) is 13.9. The summed E-state index contributed by atoms with van der Waals surface area (Å²) in [7, 11) is 1.61. The highest BCUT2D eigenvalue weighted by molar-refractivity contribution is 6.64. The Morgan fingerprint density at radius 3 is 2.07 bits per heavy atom. The summed E-state index contributed by atoms with van der Waals surface area (Å²) in [5, 5.41) is -0.284. The summed E-state index contributed by atoms with van der Waals surface area (Å²) in [6.45, 7) is 8.54. The van der Waals surface area contributed by atoms with Crippen molar-refractivity contribution in [2.75, 3.05) is 13.7 Å². The lowest BCUT2D eigenvalue weighted by atomic mass is 9.65. The average molecular weight is 221 g/mol. The van der Waals surface area contributed by atoms with Crippen LogP contribution in [0.1, 0.15) is 40.5 Å². The molecule has 0 bridgehead atoms. The number of halogens is 1. The molecule has 0 radical (unpaired) electrons. The molecule has 1 atom stereocenters. The number of ether oxygens (including phenoxy) is 1. The van der Waals surface area contributed by atoms with Crippen LogP contribution in [-0.4, -0.2) is 19.0 Å². The van der Waals surface area contributed by atoms with Crippen LogP contribution >= 0.6 is 11.6 Å². The summed E-state index contributed by atoms with van der Waals surface area (Å²) in [4.78, 5) is 11.6. The fourth-order valence-electron chi connectivity index (χ4n) is 1.79. The van der Waals surface area contributed by atoms with Crippen LogP contribution in [0.2, 0.25) is 0 Å². The second-order valence-electron chi connectivity index (χ2n) is 4.79. The van der Waals surface area contributed by atoms with Crippen molar-refractivity contribution in [1.29, 1.82) is 0 Å². The number of carbonyl (C=O) groups excluding carboxylic acids is 1. The lowest BCUT2D eigenvalue weighted by Gasteiger charge is -2.41. The predicted molar refractivity (Wildman–Crippen MR) is 59.5 cm³/mol. The molecule has 3 heteroatoms. The minimum atomic E-state index is -0.557. The highest BCUT2D eigenvalue weighted by atomic mass is 35.5. The number of rotatable bonds is 5. The monoisotopic (exact) mass is 220 g/mol. The van der Waals surface area contributed by atoms with Gasteiger partial charge in [0, 0.05) is 7.11 Å². The predicted octanol–water partition coefficient (Wildman–Crippen LogP) is 3.23. The SMILES string of the molecule is CCCC(COC)(C(=O)Cl)C(C)(C)C. The van der Waals surface area contributed by atoms with Gasteiger partial charge in [0.05, 0.1) is 12.0 Å². The van der Waals surface area contributed by atoms with Gasteiger partial charge in [-0.15, -0.1) is 0 Å². The summed E-state index contributed by atoms with van der Waals surface area (Å²) in [5.74, 6) is 0. The minimum absolute atomic E-state index is 0.169. The van der Waals surface area contributed by atoms with Crippen LogP contribution < -0.4 is 0 Å². The van der Waals surface area contributed by atoms with Crippen molar-refractivity contribution in [1.82, 2.24) is 0 Å². The lowest BCUT2D eigenvalue weighted by molar-refractivity contribution is -0.132. The van der Waals surface area contributed by atoms with Gasteiger partial charge in [0.2, 0.25) is 5.24 Å². The van der Waals surface area contributed by atoms with Crippen molar-refractivity contribution < 1.29 is 9.53 Å². The Labute approximate surface area is 92.0 Å². The lowest BCUT2D eigenvalue weighted by Crippen LogP contribution is -2.44. The van der Waals surface area contributed by atoms with Crippen molar-refractivity contribution in [2.45, 2.75) is 40.5 Å². The van der Waals surface area contributed by atoms with Gasteiger partial charge in [0.25, 0.3) is 0 Å². The van der Waals surface area contributed by atoms with E-state index in [0.29, 0.717) is 6.61 Å². The molecule has 1 unspecified atom stereocenters. The molecular formula is C11H21ClO2. The normalized spacial score (nSPS) is 16.4. The summed E-state index contributed by atoms with van der Waals surface area (Å²) < 4.78 is 5.14. The molecule has 2 nitrogen and oxygen atoms in total. The molecular weight excluding hydrogens is 200 g/mol. The van der Waals surface area contributed by atoms with Crippen molar-refractivity contribution >= 4 is 16.8 Å². The Morgan fingerprint density at radius 1 is 1.36 bits per heavy atom. The molecule has 0 aliphatic carbocycles. The summed E-state index contributed by atoms with van der Waals surface area (Å²) in [5.41, 5.74) is -0.726. The molecule has 0 aromatic heterocycles. The number of hydrogen-bond acceptors (Lipinski definition) is 2. The third-order valence-corrected chi connectivity index (χ3v) is 3.24. The zero-order valence-electron chi connectivity index (χ0n) is 9.82. The Balaban J connectivity index is 5.04. The first-order valence-electron chi connectivity index (χ1n) is 5.00. The largest absolute Gasteiger partial charge is 0.384 e. The standard InChI is InChI=1S/C11H21ClO2/c1-6-7-11(8-14-5,9(12)13)10(2,3)4/h6-8H2,1-5H3. The summed E-state index contributed by atoms with van der Waals surface area (Å²) >= 11 is 5.72. The third-order valence-electron chi connectivity index (χ3n) is 2.88. The van der Waals surface area contributed by atoms with E-state index in [1.54, 1.807) is 7.11 Å². The van der Waals surface area contributed by atoms with Gasteiger partial charge in [0.15, 0.2) is 0 Å². The molecule has 0 heterocycles.